The molecule has 0 aliphatic heterocycles. The molecule has 0 aliphatic carbocycles. The number of hydrogen-bond acceptors (Lipinski definition) is 2. The van der Waals surface area contributed by atoms with E-state index in [0.29, 0.717) is 10.0 Å². The van der Waals surface area contributed by atoms with E-state index in [1.54, 1.807) is 18.3 Å². The van der Waals surface area contributed by atoms with E-state index in [1.165, 1.54) is 0 Å². The van der Waals surface area contributed by atoms with Crippen LogP contribution in [-0.4, -0.2) is 11.2 Å². The Labute approximate surface area is 132 Å². The zero-order valence-electron chi connectivity index (χ0n) is 11.3. The van der Waals surface area contributed by atoms with E-state index in [9.17, 15) is 0 Å². The molecule has 21 heavy (non-hydrogen) atoms. The summed E-state index contributed by atoms with van der Waals surface area (Å²) in [6, 6.07) is 13.4. The monoisotopic (exact) mass is 317 g/mol. The van der Waals surface area contributed by atoms with E-state index in [-0.39, 0.29) is 0 Å². The topological polar surface area (TPSA) is 40.2 Å². The third kappa shape index (κ3) is 2.89. The molecule has 1 aromatic heterocycles. The van der Waals surface area contributed by atoms with Gasteiger partial charge in [0.25, 0.3) is 0 Å². The molecule has 1 heterocycles. The average molecular weight is 318 g/mol. The van der Waals surface area contributed by atoms with Crippen molar-refractivity contribution in [2.75, 3.05) is 5.43 Å². The fourth-order valence-electron chi connectivity index (χ4n) is 2.20. The second-order valence-corrected chi connectivity index (χ2v) is 5.52. The predicted octanol–water partition coefficient (Wildman–Crippen LogP) is 5.23. The molecular weight excluding hydrogens is 305 g/mol. The van der Waals surface area contributed by atoms with E-state index in [4.69, 9.17) is 23.2 Å². The molecule has 0 bridgehead atoms. The Hall–Kier alpha value is -1.97. The third-order valence-electron chi connectivity index (χ3n) is 3.25. The van der Waals surface area contributed by atoms with Crippen LogP contribution in [-0.2, 0) is 0 Å². The van der Waals surface area contributed by atoms with Crippen molar-refractivity contribution in [2.45, 2.75) is 6.92 Å². The summed E-state index contributed by atoms with van der Waals surface area (Å²) >= 11 is 11.8. The number of para-hydroxylation sites is 1. The van der Waals surface area contributed by atoms with Crippen molar-refractivity contribution in [1.82, 2.24) is 4.98 Å². The molecule has 0 atom stereocenters. The van der Waals surface area contributed by atoms with Crippen LogP contribution in [0.1, 0.15) is 11.3 Å². The van der Waals surface area contributed by atoms with E-state index in [0.717, 1.165) is 27.8 Å². The second-order valence-electron chi connectivity index (χ2n) is 4.71. The molecule has 2 N–H and O–H groups in total. The maximum absolute atomic E-state index is 5.97. The summed E-state index contributed by atoms with van der Waals surface area (Å²) in [5.74, 6) is 0. The number of aromatic nitrogens is 1. The first-order valence-electron chi connectivity index (χ1n) is 6.46. The van der Waals surface area contributed by atoms with E-state index in [2.05, 4.69) is 21.6 Å². The Morgan fingerprint density at radius 1 is 1.10 bits per heavy atom. The van der Waals surface area contributed by atoms with Crippen molar-refractivity contribution in [3.63, 3.8) is 0 Å². The summed E-state index contributed by atoms with van der Waals surface area (Å²) in [4.78, 5) is 3.33. The van der Waals surface area contributed by atoms with Gasteiger partial charge in [0, 0.05) is 22.2 Å². The number of halogens is 2. The molecule has 3 aromatic rings. The molecule has 0 saturated carbocycles. The Balaban J connectivity index is 1.84. The van der Waals surface area contributed by atoms with Gasteiger partial charge in [-0.1, -0.05) is 41.4 Å². The van der Waals surface area contributed by atoms with Crippen molar-refractivity contribution < 1.29 is 0 Å². The fourth-order valence-corrected chi connectivity index (χ4v) is 2.50. The van der Waals surface area contributed by atoms with Gasteiger partial charge in [-0.25, -0.2) is 0 Å². The molecule has 0 spiro atoms. The smallest absolute Gasteiger partial charge is 0.0613 e. The van der Waals surface area contributed by atoms with Gasteiger partial charge >= 0.3 is 0 Å². The number of H-pyrrole nitrogens is 1. The molecule has 3 nitrogen and oxygen atoms in total. The summed E-state index contributed by atoms with van der Waals surface area (Å²) < 4.78 is 0. The van der Waals surface area contributed by atoms with Gasteiger partial charge in [-0.2, -0.15) is 5.10 Å². The highest BCUT2D eigenvalue weighted by molar-refractivity contribution is 6.42. The summed E-state index contributed by atoms with van der Waals surface area (Å²) in [5, 5.41) is 6.44. The minimum atomic E-state index is 0.500. The summed E-state index contributed by atoms with van der Waals surface area (Å²) in [6.07, 6.45) is 1.80. The summed E-state index contributed by atoms with van der Waals surface area (Å²) in [6.45, 7) is 2.03. The quantitative estimate of drug-likeness (QED) is 0.504. The van der Waals surface area contributed by atoms with Gasteiger partial charge in [0.1, 0.15) is 0 Å². The number of nitrogens with one attached hydrogen (secondary N) is 2. The SMILES string of the molecule is Cc1[nH]c2ccccc2c1/C=N\Nc1ccc(Cl)c(Cl)c1. The predicted molar refractivity (Wildman–Crippen MR) is 90.7 cm³/mol. The second kappa shape index (κ2) is 5.80. The number of fused-ring (bicyclic) bond motifs is 1. The first-order valence-corrected chi connectivity index (χ1v) is 7.22. The lowest BCUT2D eigenvalue weighted by Gasteiger charge is -2.02. The Morgan fingerprint density at radius 2 is 1.90 bits per heavy atom. The number of aromatic amines is 1. The number of hydrogen-bond donors (Lipinski definition) is 2. The summed E-state index contributed by atoms with van der Waals surface area (Å²) in [5.41, 5.74) is 7.00. The lowest BCUT2D eigenvalue weighted by Crippen LogP contribution is -1.91. The Bertz CT molecular complexity index is 822. The number of nitrogens with zero attached hydrogens (tertiary/aromatic N) is 1. The molecule has 2 aromatic carbocycles. The van der Waals surface area contributed by atoms with Crippen LogP contribution in [0.3, 0.4) is 0 Å². The maximum Gasteiger partial charge on any atom is 0.0613 e. The van der Waals surface area contributed by atoms with Crippen molar-refractivity contribution >= 4 is 46.0 Å². The van der Waals surface area contributed by atoms with E-state index >= 15 is 0 Å². The van der Waals surface area contributed by atoms with Crippen LogP contribution in [0.2, 0.25) is 10.0 Å². The van der Waals surface area contributed by atoms with Crippen LogP contribution >= 0.6 is 23.2 Å². The number of hydrazone groups is 1. The van der Waals surface area contributed by atoms with E-state index in [1.807, 2.05) is 31.2 Å². The zero-order chi connectivity index (χ0) is 14.8. The molecular formula is C16H13Cl2N3. The first kappa shape index (κ1) is 14.0. The van der Waals surface area contributed by atoms with Crippen LogP contribution in [0.15, 0.2) is 47.6 Å². The molecule has 106 valence electrons. The highest BCUT2D eigenvalue weighted by Gasteiger charge is 2.05. The van der Waals surface area contributed by atoms with Crippen molar-refractivity contribution in [3.8, 4) is 0 Å². The fraction of sp³-hybridized carbons (Fsp3) is 0.0625. The van der Waals surface area contributed by atoms with Crippen LogP contribution in [0.4, 0.5) is 5.69 Å². The van der Waals surface area contributed by atoms with Gasteiger partial charge in [0.05, 0.1) is 21.9 Å². The van der Waals surface area contributed by atoms with Gasteiger partial charge in [-0.3, -0.25) is 5.43 Å². The number of aryl methyl sites for hydroxylation is 1. The van der Waals surface area contributed by atoms with Gasteiger partial charge in [0.15, 0.2) is 0 Å². The number of benzene rings is 2. The average Bonchev–Trinajstić information content (AvgIpc) is 2.79. The van der Waals surface area contributed by atoms with E-state index < -0.39 is 0 Å². The van der Waals surface area contributed by atoms with Crippen LogP contribution in [0, 0.1) is 6.92 Å². The van der Waals surface area contributed by atoms with Crippen LogP contribution < -0.4 is 5.43 Å². The zero-order valence-corrected chi connectivity index (χ0v) is 12.8. The van der Waals surface area contributed by atoms with Gasteiger partial charge in [-0.05, 0) is 31.2 Å². The number of rotatable bonds is 3. The van der Waals surface area contributed by atoms with Crippen LogP contribution in [0.5, 0.6) is 0 Å². The Kier molecular flexibility index (Phi) is 3.86. The summed E-state index contributed by atoms with van der Waals surface area (Å²) in [7, 11) is 0. The van der Waals surface area contributed by atoms with Crippen molar-refractivity contribution in [2.24, 2.45) is 5.10 Å². The molecule has 0 fully saturated rings. The normalized spacial score (nSPS) is 11.4. The third-order valence-corrected chi connectivity index (χ3v) is 3.99. The molecule has 0 radical (unpaired) electrons. The molecule has 5 heteroatoms. The Morgan fingerprint density at radius 3 is 2.71 bits per heavy atom. The highest BCUT2D eigenvalue weighted by atomic mass is 35.5. The highest BCUT2D eigenvalue weighted by Crippen LogP contribution is 2.25. The van der Waals surface area contributed by atoms with Gasteiger partial charge in [-0.15, -0.1) is 0 Å². The van der Waals surface area contributed by atoms with Gasteiger partial charge in [0.2, 0.25) is 0 Å². The minimum absolute atomic E-state index is 0.500. The molecule has 0 unspecified atom stereocenters. The molecule has 0 saturated heterocycles. The van der Waals surface area contributed by atoms with Crippen molar-refractivity contribution in [1.29, 1.82) is 0 Å². The molecule has 3 rings (SSSR count). The lowest BCUT2D eigenvalue weighted by molar-refractivity contribution is 1.28. The lowest BCUT2D eigenvalue weighted by atomic mass is 10.1. The minimum Gasteiger partial charge on any atom is -0.358 e. The standard InChI is InChI=1S/C16H13Cl2N3/c1-10-13(12-4-2-3-5-16(12)20-10)9-19-21-11-6-7-14(17)15(18)8-11/h2-9,20-21H,1H3/b19-9-. The first-order chi connectivity index (χ1) is 10.1. The molecule has 0 aliphatic rings. The number of anilines is 1. The molecule has 0 amide bonds. The van der Waals surface area contributed by atoms with Crippen LogP contribution in [0.25, 0.3) is 10.9 Å². The largest absolute Gasteiger partial charge is 0.358 e. The maximum atomic E-state index is 5.97. The van der Waals surface area contributed by atoms with Crippen molar-refractivity contribution in [3.05, 3.63) is 63.8 Å². The van der Waals surface area contributed by atoms with Gasteiger partial charge < -0.3 is 4.98 Å².